The molecule has 0 saturated carbocycles. The maximum Gasteiger partial charge on any atom is 0.339 e. The number of nitrogen functional groups attached to an aromatic ring is 1. The number of ketones is 1. The van der Waals surface area contributed by atoms with E-state index >= 15 is 0 Å². The van der Waals surface area contributed by atoms with Gasteiger partial charge in [0.1, 0.15) is 17.1 Å². The molecule has 1 amide bonds. The number of hydrogen-bond donors (Lipinski definition) is 2. The van der Waals surface area contributed by atoms with Crippen LogP contribution in [0.2, 0.25) is 0 Å². The maximum atomic E-state index is 13.5. The summed E-state index contributed by atoms with van der Waals surface area (Å²) in [6.07, 6.45) is 4.85. The summed E-state index contributed by atoms with van der Waals surface area (Å²) < 4.78 is 7.22. The van der Waals surface area contributed by atoms with Gasteiger partial charge in [-0.15, -0.1) is 0 Å². The maximum absolute atomic E-state index is 13.5. The molecule has 0 bridgehead atoms. The highest BCUT2D eigenvalue weighted by molar-refractivity contribution is 6.08. The lowest BCUT2D eigenvalue weighted by Gasteiger charge is -2.22. The molecule has 4 aromatic rings. The minimum Gasteiger partial charge on any atom is -0.508 e. The summed E-state index contributed by atoms with van der Waals surface area (Å²) in [7, 11) is 5.96. The Kier molecular flexibility index (Phi) is 9.42. The van der Waals surface area contributed by atoms with E-state index < -0.39 is 35.2 Å². The van der Waals surface area contributed by atoms with Crippen molar-refractivity contribution in [1.82, 2.24) is 19.0 Å². The van der Waals surface area contributed by atoms with Crippen LogP contribution in [0.15, 0.2) is 58.1 Å². The van der Waals surface area contributed by atoms with Crippen LogP contribution in [-0.2, 0) is 30.0 Å². The van der Waals surface area contributed by atoms with Crippen LogP contribution in [0.5, 0.6) is 5.75 Å². The summed E-state index contributed by atoms with van der Waals surface area (Å²) in [5.74, 6) is -1.65. The first-order valence-corrected chi connectivity index (χ1v) is 13.7. The number of esters is 1. The van der Waals surface area contributed by atoms with Gasteiger partial charge in [-0.25, -0.2) is 14.6 Å². The third kappa shape index (κ3) is 6.43. The fourth-order valence-corrected chi connectivity index (χ4v) is 4.88. The van der Waals surface area contributed by atoms with Gasteiger partial charge < -0.3 is 20.5 Å². The molecule has 12 nitrogen and oxygen atoms in total. The third-order valence-electron chi connectivity index (χ3n) is 7.14. The number of carbonyl (C=O) groups is 3. The molecular formula is C32H33N5O7. The Labute approximate surface area is 252 Å². The molecule has 0 radical (unpaired) electrons. The zero-order valence-corrected chi connectivity index (χ0v) is 24.9. The number of nitrogens with zero attached hydrogens (tertiary/aromatic N) is 4. The van der Waals surface area contributed by atoms with E-state index in [1.807, 2.05) is 12.1 Å². The first kappa shape index (κ1) is 31.4. The summed E-state index contributed by atoms with van der Waals surface area (Å²) in [4.78, 5) is 66.8. The van der Waals surface area contributed by atoms with Gasteiger partial charge >= 0.3 is 11.7 Å². The van der Waals surface area contributed by atoms with Gasteiger partial charge in [0, 0.05) is 33.6 Å². The van der Waals surface area contributed by atoms with E-state index in [-0.39, 0.29) is 11.6 Å². The van der Waals surface area contributed by atoms with Gasteiger partial charge in [0.2, 0.25) is 12.2 Å². The van der Waals surface area contributed by atoms with Crippen molar-refractivity contribution in [2.24, 2.45) is 14.1 Å². The second-order valence-corrected chi connectivity index (χ2v) is 10.5. The van der Waals surface area contributed by atoms with Crippen LogP contribution in [0.4, 0.5) is 5.82 Å². The number of benzene rings is 2. The zero-order chi connectivity index (χ0) is 32.1. The number of pyridine rings is 1. The number of carbonyl (C=O) groups excluding carboxylic acids is 3. The van der Waals surface area contributed by atoms with Crippen LogP contribution in [0, 0.1) is 0 Å². The topological polar surface area (TPSA) is 167 Å². The van der Waals surface area contributed by atoms with E-state index in [1.165, 1.54) is 19.0 Å². The molecule has 0 atom stereocenters. The Hall–Kier alpha value is -5.52. The Morgan fingerprint density at radius 3 is 2.34 bits per heavy atom. The molecule has 2 heterocycles. The van der Waals surface area contributed by atoms with Crippen molar-refractivity contribution in [3.63, 3.8) is 0 Å². The molecule has 12 heteroatoms. The summed E-state index contributed by atoms with van der Waals surface area (Å²) in [5, 5.41) is 10.2. The molecule has 1 aliphatic rings. The predicted molar refractivity (Wildman–Crippen MR) is 166 cm³/mol. The lowest BCUT2D eigenvalue weighted by molar-refractivity contribution is -0.115. The predicted octanol–water partition coefficient (Wildman–Crippen LogP) is 2.54. The molecule has 2 aromatic heterocycles. The molecule has 0 fully saturated rings. The van der Waals surface area contributed by atoms with Crippen LogP contribution in [0.3, 0.4) is 0 Å². The molecule has 0 unspecified atom stereocenters. The number of ether oxygens (including phenoxy) is 1. The molecular weight excluding hydrogens is 566 g/mol. The van der Waals surface area contributed by atoms with Crippen LogP contribution in [-0.4, -0.2) is 63.0 Å². The largest absolute Gasteiger partial charge is 0.508 e. The van der Waals surface area contributed by atoms with Crippen molar-refractivity contribution in [1.29, 1.82) is 0 Å². The van der Waals surface area contributed by atoms with Gasteiger partial charge in [-0.3, -0.25) is 23.5 Å². The number of phenolic OH excluding ortho intramolecular Hbond substituents is 1. The third-order valence-corrected chi connectivity index (χ3v) is 7.14. The van der Waals surface area contributed by atoms with Crippen molar-refractivity contribution in [3.05, 3.63) is 97.3 Å². The summed E-state index contributed by atoms with van der Waals surface area (Å²) in [6, 6.07) is 14.0. The molecule has 44 heavy (non-hydrogen) atoms. The number of allylic oxidation sites excluding steroid dienone is 1. The fourth-order valence-electron chi connectivity index (χ4n) is 4.88. The van der Waals surface area contributed by atoms with E-state index in [4.69, 9.17) is 15.5 Å². The average Bonchev–Trinajstić information content (AvgIpc) is 3.02. The highest BCUT2D eigenvalue weighted by Crippen LogP contribution is 2.36. The number of hydrogen-bond acceptors (Lipinski definition) is 9. The number of aromatic hydroxyl groups is 1. The number of para-hydroxylation sites is 1. The Balaban J connectivity index is 0.000000818. The smallest absolute Gasteiger partial charge is 0.339 e. The van der Waals surface area contributed by atoms with Gasteiger partial charge in [-0.05, 0) is 60.2 Å². The second kappa shape index (κ2) is 13.2. The number of anilines is 1. The first-order valence-electron chi connectivity index (χ1n) is 13.7. The van der Waals surface area contributed by atoms with Crippen molar-refractivity contribution >= 4 is 46.5 Å². The van der Waals surface area contributed by atoms with E-state index in [9.17, 15) is 29.1 Å². The molecule has 2 aromatic carbocycles. The number of nitrogens with two attached hydrogens (primary N) is 1. The Morgan fingerprint density at radius 2 is 1.68 bits per heavy atom. The SMILES string of the molecule is CN(C)C=O.Cn1c(N)c(C(=O)COC(=O)c2c3c(nc4ccccc24)/C(=C/c2ccc(O)cc2)CCC3)c(=O)n(C)c1=O. The van der Waals surface area contributed by atoms with E-state index in [1.54, 1.807) is 56.6 Å². The zero-order valence-electron chi connectivity index (χ0n) is 24.9. The standard InChI is InChI=1S/C29H26N4O6.C3H7NO/c1-32-26(30)24(27(36)33(2)29(32)38)22(35)15-39-28(37)23-19-7-3-4-9-21(19)31-25-17(6-5-8-20(23)25)14-16-10-12-18(34)13-11-16;1-4(2)3-5/h3-4,7,9-14,34H,5-6,8,15,30H2,1-2H3;3H,1-2H3/b17-14+;. The number of Topliss-reactive ketones (excluding diaryl/α,β-unsaturated/α-hetero) is 1. The molecule has 5 rings (SSSR count). The molecule has 0 spiro atoms. The minimum absolute atomic E-state index is 0.169. The van der Waals surface area contributed by atoms with Crippen molar-refractivity contribution < 1.29 is 24.2 Å². The van der Waals surface area contributed by atoms with Crippen molar-refractivity contribution in [3.8, 4) is 5.75 Å². The molecule has 0 saturated heterocycles. The normalized spacial score (nSPS) is 13.0. The van der Waals surface area contributed by atoms with Crippen LogP contribution < -0.4 is 17.0 Å². The van der Waals surface area contributed by atoms with E-state index in [2.05, 4.69) is 0 Å². The van der Waals surface area contributed by atoms with Gasteiger partial charge in [-0.1, -0.05) is 30.3 Å². The number of fused-ring (bicyclic) bond motifs is 2. The van der Waals surface area contributed by atoms with Crippen molar-refractivity contribution in [2.75, 3.05) is 26.4 Å². The number of amides is 1. The van der Waals surface area contributed by atoms with Crippen molar-refractivity contribution in [2.45, 2.75) is 19.3 Å². The highest BCUT2D eigenvalue weighted by atomic mass is 16.5. The van der Waals surface area contributed by atoms with Gasteiger partial charge in [0.15, 0.2) is 6.61 Å². The lowest BCUT2D eigenvalue weighted by Crippen LogP contribution is -2.42. The Morgan fingerprint density at radius 1 is 1.02 bits per heavy atom. The van der Waals surface area contributed by atoms with Crippen LogP contribution in [0.1, 0.15) is 50.4 Å². The van der Waals surface area contributed by atoms with Gasteiger partial charge in [0.25, 0.3) is 5.56 Å². The lowest BCUT2D eigenvalue weighted by atomic mass is 9.86. The molecule has 0 aliphatic heterocycles. The number of phenols is 1. The Bertz CT molecular complexity index is 1900. The molecule has 228 valence electrons. The highest BCUT2D eigenvalue weighted by Gasteiger charge is 2.27. The minimum atomic E-state index is -0.854. The van der Waals surface area contributed by atoms with Gasteiger partial charge in [0.05, 0.1) is 16.8 Å². The fraction of sp³-hybridized carbons (Fsp3) is 0.250. The van der Waals surface area contributed by atoms with E-state index in [0.717, 1.165) is 45.1 Å². The summed E-state index contributed by atoms with van der Waals surface area (Å²) in [5.41, 5.74) is 8.11. The van der Waals surface area contributed by atoms with Gasteiger partial charge in [-0.2, -0.15) is 0 Å². The molecule has 3 N–H and O–H groups in total. The monoisotopic (exact) mass is 599 g/mol. The number of rotatable bonds is 6. The number of aromatic nitrogens is 3. The average molecular weight is 600 g/mol. The quantitative estimate of drug-likeness (QED) is 0.192. The van der Waals surface area contributed by atoms with Crippen LogP contribution >= 0.6 is 0 Å². The van der Waals surface area contributed by atoms with E-state index in [0.29, 0.717) is 28.6 Å². The molecule has 1 aliphatic carbocycles. The second-order valence-electron chi connectivity index (χ2n) is 10.5. The summed E-state index contributed by atoms with van der Waals surface area (Å²) >= 11 is 0. The summed E-state index contributed by atoms with van der Waals surface area (Å²) in [6.45, 7) is -0.724. The van der Waals surface area contributed by atoms with Crippen LogP contribution in [0.25, 0.3) is 22.6 Å². The first-order chi connectivity index (χ1) is 20.9.